The number of nitrogens with zero attached hydrogens (tertiary/aromatic N) is 2. The molecule has 0 saturated heterocycles. The van der Waals surface area contributed by atoms with Crippen molar-refractivity contribution in [3.05, 3.63) is 59.7 Å². The average Bonchev–Trinajstić information content (AvgIpc) is 2.53. The van der Waals surface area contributed by atoms with E-state index in [0.717, 1.165) is 29.9 Å². The van der Waals surface area contributed by atoms with E-state index in [1.807, 2.05) is 43.5 Å². The summed E-state index contributed by atoms with van der Waals surface area (Å²) in [5, 5.41) is 0. The zero-order valence-electron chi connectivity index (χ0n) is 13.3. The molecule has 0 N–H and O–H groups in total. The molecule has 3 heteroatoms. The van der Waals surface area contributed by atoms with E-state index in [1.54, 1.807) is 0 Å². The van der Waals surface area contributed by atoms with Crippen LogP contribution in [-0.4, -0.2) is 11.9 Å². The van der Waals surface area contributed by atoms with E-state index in [2.05, 4.69) is 42.0 Å². The van der Waals surface area contributed by atoms with Gasteiger partial charge in [0.2, 0.25) is 0 Å². The molecule has 0 amide bonds. The summed E-state index contributed by atoms with van der Waals surface area (Å²) in [6.45, 7) is 6.35. The Labute approximate surface area is 143 Å². The SMILES string of the molecule is CCc1ccc(N=C(C)C=Nc2ccccc2)cc1CC.[Ni]. The normalized spacial score (nSPS) is 11.5. The van der Waals surface area contributed by atoms with Gasteiger partial charge < -0.3 is 0 Å². The summed E-state index contributed by atoms with van der Waals surface area (Å²) < 4.78 is 0. The molecule has 0 aromatic heterocycles. The van der Waals surface area contributed by atoms with Crippen LogP contribution in [0.5, 0.6) is 0 Å². The summed E-state index contributed by atoms with van der Waals surface area (Å²) in [6.07, 6.45) is 3.93. The van der Waals surface area contributed by atoms with Gasteiger partial charge in [-0.25, -0.2) is 0 Å². The molecule has 0 aliphatic heterocycles. The molecule has 0 radical (unpaired) electrons. The fraction of sp³-hybridized carbons (Fsp3) is 0.263. The van der Waals surface area contributed by atoms with Gasteiger partial charge in [-0.1, -0.05) is 38.1 Å². The summed E-state index contributed by atoms with van der Waals surface area (Å²) in [6, 6.07) is 16.4. The van der Waals surface area contributed by atoms with Crippen molar-refractivity contribution >= 4 is 23.3 Å². The molecule has 0 unspecified atom stereocenters. The van der Waals surface area contributed by atoms with E-state index in [1.165, 1.54) is 11.1 Å². The van der Waals surface area contributed by atoms with E-state index < -0.39 is 0 Å². The third kappa shape index (κ3) is 5.23. The molecule has 2 rings (SSSR count). The van der Waals surface area contributed by atoms with E-state index in [4.69, 9.17) is 0 Å². The number of hydrogen-bond donors (Lipinski definition) is 0. The minimum atomic E-state index is 0. The minimum absolute atomic E-state index is 0. The number of rotatable bonds is 5. The van der Waals surface area contributed by atoms with Crippen LogP contribution < -0.4 is 0 Å². The Balaban J connectivity index is 0.00000242. The van der Waals surface area contributed by atoms with E-state index >= 15 is 0 Å². The van der Waals surface area contributed by atoms with Crippen molar-refractivity contribution in [3.8, 4) is 0 Å². The molecule has 2 aromatic rings. The molecular weight excluding hydrogens is 315 g/mol. The maximum absolute atomic E-state index is 4.63. The zero-order valence-corrected chi connectivity index (χ0v) is 14.3. The molecule has 0 aliphatic rings. The van der Waals surface area contributed by atoms with Crippen molar-refractivity contribution in [2.75, 3.05) is 0 Å². The summed E-state index contributed by atoms with van der Waals surface area (Å²) in [7, 11) is 0. The van der Waals surface area contributed by atoms with Gasteiger partial charge in [0.1, 0.15) is 0 Å². The van der Waals surface area contributed by atoms with Crippen LogP contribution >= 0.6 is 0 Å². The van der Waals surface area contributed by atoms with Crippen molar-refractivity contribution in [1.82, 2.24) is 0 Å². The maximum atomic E-state index is 4.63. The first-order chi connectivity index (χ1) is 10.2. The number of aryl methyl sites for hydroxylation is 2. The Morgan fingerprint density at radius 1 is 0.909 bits per heavy atom. The van der Waals surface area contributed by atoms with Crippen molar-refractivity contribution in [1.29, 1.82) is 0 Å². The van der Waals surface area contributed by atoms with E-state index in [0.29, 0.717) is 0 Å². The Kier molecular flexibility index (Phi) is 7.76. The molecule has 0 atom stereocenters. The largest absolute Gasteiger partial charge is 0.255 e. The molecule has 118 valence electrons. The van der Waals surface area contributed by atoms with Crippen LogP contribution in [0.1, 0.15) is 31.9 Å². The summed E-state index contributed by atoms with van der Waals surface area (Å²) in [5.41, 5.74) is 5.65. The van der Waals surface area contributed by atoms with Gasteiger partial charge >= 0.3 is 0 Å². The van der Waals surface area contributed by atoms with Gasteiger partial charge in [0.25, 0.3) is 0 Å². The second-order valence-corrected chi connectivity index (χ2v) is 5.01. The fourth-order valence-electron chi connectivity index (χ4n) is 2.27. The topological polar surface area (TPSA) is 24.7 Å². The van der Waals surface area contributed by atoms with E-state index in [-0.39, 0.29) is 16.5 Å². The first-order valence-electron chi connectivity index (χ1n) is 7.49. The molecule has 0 spiro atoms. The summed E-state index contributed by atoms with van der Waals surface area (Å²) in [4.78, 5) is 9.05. The minimum Gasteiger partial charge on any atom is -0.255 e. The third-order valence-electron chi connectivity index (χ3n) is 3.41. The van der Waals surface area contributed by atoms with Crippen molar-refractivity contribution in [2.45, 2.75) is 33.6 Å². The Bertz CT molecular complexity index is 646. The van der Waals surface area contributed by atoms with Crippen LogP contribution in [0.25, 0.3) is 0 Å². The van der Waals surface area contributed by atoms with Crippen LogP contribution in [0.15, 0.2) is 58.5 Å². The summed E-state index contributed by atoms with van der Waals surface area (Å²) in [5.74, 6) is 0. The average molecular weight is 337 g/mol. The predicted molar refractivity (Wildman–Crippen MR) is 92.6 cm³/mol. The van der Waals surface area contributed by atoms with Crippen molar-refractivity contribution in [3.63, 3.8) is 0 Å². The van der Waals surface area contributed by atoms with Crippen molar-refractivity contribution < 1.29 is 16.5 Å². The molecule has 0 aliphatic carbocycles. The number of aliphatic imine (C=N–C) groups is 2. The molecule has 0 saturated carbocycles. The second kappa shape index (κ2) is 9.32. The van der Waals surface area contributed by atoms with Gasteiger partial charge in [-0.3, -0.25) is 9.98 Å². The summed E-state index contributed by atoms with van der Waals surface area (Å²) >= 11 is 0. The molecule has 2 nitrogen and oxygen atoms in total. The Hall–Kier alpha value is -1.73. The number of benzene rings is 2. The van der Waals surface area contributed by atoms with Crippen LogP contribution in [0.4, 0.5) is 11.4 Å². The first kappa shape index (κ1) is 18.3. The van der Waals surface area contributed by atoms with Crippen LogP contribution in [0.3, 0.4) is 0 Å². The monoisotopic (exact) mass is 336 g/mol. The molecule has 0 fully saturated rings. The first-order valence-corrected chi connectivity index (χ1v) is 7.49. The second-order valence-electron chi connectivity index (χ2n) is 5.01. The van der Waals surface area contributed by atoms with Gasteiger partial charge in [0.15, 0.2) is 0 Å². The third-order valence-corrected chi connectivity index (χ3v) is 3.41. The smallest absolute Gasteiger partial charge is 0.0636 e. The van der Waals surface area contributed by atoms with Gasteiger partial charge in [-0.05, 0) is 55.2 Å². The molecule has 0 bridgehead atoms. The van der Waals surface area contributed by atoms with E-state index in [9.17, 15) is 0 Å². The predicted octanol–water partition coefficient (Wildman–Crippen LogP) is 5.30. The molecule has 2 aromatic carbocycles. The zero-order chi connectivity index (χ0) is 15.1. The molecule has 22 heavy (non-hydrogen) atoms. The molecular formula is C19H22N2Ni. The van der Waals surface area contributed by atoms with Gasteiger partial charge in [-0.15, -0.1) is 0 Å². The van der Waals surface area contributed by atoms with Crippen molar-refractivity contribution in [2.24, 2.45) is 9.98 Å². The van der Waals surface area contributed by atoms with Gasteiger partial charge in [-0.2, -0.15) is 0 Å². The Morgan fingerprint density at radius 3 is 2.23 bits per heavy atom. The van der Waals surface area contributed by atoms with Gasteiger partial charge in [0.05, 0.1) is 17.1 Å². The van der Waals surface area contributed by atoms with Crippen LogP contribution in [0, 0.1) is 0 Å². The molecule has 0 heterocycles. The quantitative estimate of drug-likeness (QED) is 0.522. The Morgan fingerprint density at radius 2 is 1.59 bits per heavy atom. The fourth-order valence-corrected chi connectivity index (χ4v) is 2.27. The van der Waals surface area contributed by atoms with Crippen LogP contribution in [0.2, 0.25) is 0 Å². The van der Waals surface area contributed by atoms with Crippen LogP contribution in [-0.2, 0) is 29.3 Å². The maximum Gasteiger partial charge on any atom is 0.0636 e. The number of para-hydroxylation sites is 1. The van der Waals surface area contributed by atoms with Gasteiger partial charge in [0, 0.05) is 22.7 Å². The number of hydrogen-bond acceptors (Lipinski definition) is 2. The standard InChI is InChI=1S/C19H22N2.Ni/c1-4-16-11-12-19(13-17(16)5-2)21-15(3)14-20-18-9-7-6-8-10-18;/h6-14H,4-5H2,1-3H3;.